The predicted octanol–water partition coefficient (Wildman–Crippen LogP) is 1.21. The Hall–Kier alpha value is -1.52. The molecule has 2 aliphatic rings. The van der Waals surface area contributed by atoms with E-state index in [4.69, 9.17) is 5.11 Å². The smallest absolute Gasteiger partial charge is 0.317 e. The number of urea groups is 1. The van der Waals surface area contributed by atoms with Crippen molar-refractivity contribution in [3.05, 3.63) is 12.2 Å². The highest BCUT2D eigenvalue weighted by atomic mass is 16.4. The fraction of sp³-hybridized carbons (Fsp3) is 0.667. The summed E-state index contributed by atoms with van der Waals surface area (Å²) < 4.78 is 0. The van der Waals surface area contributed by atoms with Crippen molar-refractivity contribution in [2.45, 2.75) is 31.7 Å². The van der Waals surface area contributed by atoms with Crippen LogP contribution >= 0.6 is 0 Å². The maximum absolute atomic E-state index is 11.9. The normalized spacial score (nSPS) is 24.2. The summed E-state index contributed by atoms with van der Waals surface area (Å²) in [7, 11) is 0. The monoisotopic (exact) mass is 238 g/mol. The van der Waals surface area contributed by atoms with Gasteiger partial charge in [0.1, 0.15) is 0 Å². The molecular formula is C12H18N2O3. The number of carbonyl (C=O) groups is 2. The van der Waals surface area contributed by atoms with Crippen LogP contribution in [0.2, 0.25) is 0 Å². The van der Waals surface area contributed by atoms with E-state index in [2.05, 4.69) is 17.5 Å². The Kier molecular flexibility index (Phi) is 3.66. The van der Waals surface area contributed by atoms with Crippen LogP contribution in [0, 0.1) is 5.92 Å². The maximum atomic E-state index is 11.9. The molecular weight excluding hydrogens is 220 g/mol. The van der Waals surface area contributed by atoms with Gasteiger partial charge in [-0.25, -0.2) is 4.79 Å². The first-order valence-electron chi connectivity index (χ1n) is 6.07. The molecule has 1 unspecified atom stereocenters. The number of rotatable bonds is 3. The van der Waals surface area contributed by atoms with Crippen molar-refractivity contribution >= 4 is 12.0 Å². The van der Waals surface area contributed by atoms with Crippen molar-refractivity contribution in [2.75, 3.05) is 13.1 Å². The molecule has 0 aromatic heterocycles. The van der Waals surface area contributed by atoms with Crippen LogP contribution in [0.5, 0.6) is 0 Å². The SMILES string of the molecule is O=C(O)CC1CCN(C(=O)NC2CC=CC2)C1. The molecule has 2 amide bonds. The lowest BCUT2D eigenvalue weighted by Crippen LogP contribution is -2.43. The second kappa shape index (κ2) is 5.21. The van der Waals surface area contributed by atoms with Crippen LogP contribution in [-0.4, -0.2) is 41.1 Å². The summed E-state index contributed by atoms with van der Waals surface area (Å²) in [6.07, 6.45) is 6.90. The van der Waals surface area contributed by atoms with Crippen LogP contribution in [-0.2, 0) is 4.79 Å². The van der Waals surface area contributed by atoms with Gasteiger partial charge in [-0.3, -0.25) is 4.79 Å². The third kappa shape index (κ3) is 3.22. The van der Waals surface area contributed by atoms with Gasteiger partial charge in [0.15, 0.2) is 0 Å². The van der Waals surface area contributed by atoms with Gasteiger partial charge < -0.3 is 15.3 Å². The number of carbonyl (C=O) groups excluding carboxylic acids is 1. The van der Waals surface area contributed by atoms with Gasteiger partial charge in [0.25, 0.3) is 0 Å². The van der Waals surface area contributed by atoms with E-state index >= 15 is 0 Å². The van der Waals surface area contributed by atoms with E-state index in [1.807, 2.05) is 0 Å². The van der Waals surface area contributed by atoms with Crippen molar-refractivity contribution in [2.24, 2.45) is 5.92 Å². The lowest BCUT2D eigenvalue weighted by Gasteiger charge is -2.20. The second-order valence-corrected chi connectivity index (χ2v) is 4.79. The summed E-state index contributed by atoms with van der Waals surface area (Å²) in [4.78, 5) is 24.2. The standard InChI is InChI=1S/C12H18N2O3/c15-11(16)7-9-5-6-14(8-9)12(17)13-10-3-1-2-4-10/h1-2,9-10H,3-8H2,(H,13,17)(H,15,16). The Morgan fingerprint density at radius 2 is 2.06 bits per heavy atom. The van der Waals surface area contributed by atoms with Crippen molar-refractivity contribution < 1.29 is 14.7 Å². The highest BCUT2D eigenvalue weighted by molar-refractivity contribution is 5.75. The molecule has 1 fully saturated rings. The quantitative estimate of drug-likeness (QED) is 0.726. The molecule has 5 heteroatoms. The van der Waals surface area contributed by atoms with Crippen LogP contribution in [0.3, 0.4) is 0 Å². The Morgan fingerprint density at radius 1 is 1.35 bits per heavy atom. The Balaban J connectivity index is 1.75. The zero-order chi connectivity index (χ0) is 12.3. The summed E-state index contributed by atoms with van der Waals surface area (Å²) in [6, 6.07) is 0.174. The summed E-state index contributed by atoms with van der Waals surface area (Å²) in [5.41, 5.74) is 0. The topological polar surface area (TPSA) is 69.6 Å². The van der Waals surface area contributed by atoms with Gasteiger partial charge in [0, 0.05) is 25.6 Å². The number of nitrogens with zero attached hydrogens (tertiary/aromatic N) is 1. The third-order valence-corrected chi connectivity index (χ3v) is 3.37. The largest absolute Gasteiger partial charge is 0.481 e. The fourth-order valence-corrected chi connectivity index (χ4v) is 2.43. The number of hydrogen-bond acceptors (Lipinski definition) is 2. The minimum absolute atomic E-state index is 0.0495. The molecule has 0 aromatic carbocycles. The molecule has 94 valence electrons. The number of aliphatic carboxylic acids is 1. The van der Waals surface area contributed by atoms with Gasteiger partial charge in [-0.15, -0.1) is 0 Å². The Bertz CT molecular complexity index is 333. The van der Waals surface area contributed by atoms with Crippen LogP contribution < -0.4 is 5.32 Å². The minimum Gasteiger partial charge on any atom is -0.481 e. The summed E-state index contributed by atoms with van der Waals surface area (Å²) in [5, 5.41) is 11.7. The minimum atomic E-state index is -0.780. The highest BCUT2D eigenvalue weighted by Crippen LogP contribution is 2.20. The molecule has 1 aliphatic heterocycles. The molecule has 2 N–H and O–H groups in total. The number of likely N-dealkylation sites (tertiary alicyclic amines) is 1. The molecule has 1 aliphatic carbocycles. The average Bonchev–Trinajstić information content (AvgIpc) is 2.87. The first-order valence-corrected chi connectivity index (χ1v) is 6.07. The first kappa shape index (κ1) is 12.0. The van der Waals surface area contributed by atoms with Gasteiger partial charge in [-0.2, -0.15) is 0 Å². The zero-order valence-electron chi connectivity index (χ0n) is 9.76. The van der Waals surface area contributed by atoms with Gasteiger partial charge >= 0.3 is 12.0 Å². The van der Waals surface area contributed by atoms with Crippen molar-refractivity contribution in [3.8, 4) is 0 Å². The fourth-order valence-electron chi connectivity index (χ4n) is 2.43. The number of carboxylic acid groups (broad SMARTS) is 1. The van der Waals surface area contributed by atoms with E-state index < -0.39 is 5.97 Å². The molecule has 0 radical (unpaired) electrons. The number of carboxylic acids is 1. The number of hydrogen-bond donors (Lipinski definition) is 2. The zero-order valence-corrected chi connectivity index (χ0v) is 9.76. The second-order valence-electron chi connectivity index (χ2n) is 4.79. The van der Waals surface area contributed by atoms with E-state index in [-0.39, 0.29) is 24.4 Å². The van der Waals surface area contributed by atoms with Crippen LogP contribution in [0.15, 0.2) is 12.2 Å². The maximum Gasteiger partial charge on any atom is 0.317 e. The summed E-state index contributed by atoms with van der Waals surface area (Å²) in [6.45, 7) is 1.24. The molecule has 0 saturated carbocycles. The van der Waals surface area contributed by atoms with E-state index in [0.29, 0.717) is 13.1 Å². The Labute approximate surface area is 100 Å². The van der Waals surface area contributed by atoms with E-state index in [9.17, 15) is 9.59 Å². The summed E-state index contributed by atoms with van der Waals surface area (Å²) in [5.74, 6) is -0.669. The van der Waals surface area contributed by atoms with E-state index in [0.717, 1.165) is 19.3 Å². The highest BCUT2D eigenvalue weighted by Gasteiger charge is 2.28. The van der Waals surface area contributed by atoms with Crippen LogP contribution in [0.1, 0.15) is 25.7 Å². The predicted molar refractivity (Wildman–Crippen MR) is 62.6 cm³/mol. The van der Waals surface area contributed by atoms with Gasteiger partial charge in [0.05, 0.1) is 0 Å². The van der Waals surface area contributed by atoms with Gasteiger partial charge in [0.2, 0.25) is 0 Å². The molecule has 2 rings (SSSR count). The van der Waals surface area contributed by atoms with Crippen molar-refractivity contribution in [3.63, 3.8) is 0 Å². The van der Waals surface area contributed by atoms with E-state index in [1.165, 1.54) is 0 Å². The molecule has 0 spiro atoms. The molecule has 1 heterocycles. The molecule has 0 aromatic rings. The molecule has 1 saturated heterocycles. The van der Waals surface area contributed by atoms with Crippen molar-refractivity contribution in [1.82, 2.24) is 10.2 Å². The van der Waals surface area contributed by atoms with E-state index in [1.54, 1.807) is 4.90 Å². The third-order valence-electron chi connectivity index (χ3n) is 3.37. The summed E-state index contributed by atoms with van der Waals surface area (Å²) >= 11 is 0. The van der Waals surface area contributed by atoms with Gasteiger partial charge in [-0.1, -0.05) is 12.2 Å². The molecule has 17 heavy (non-hydrogen) atoms. The molecule has 1 atom stereocenters. The molecule has 5 nitrogen and oxygen atoms in total. The van der Waals surface area contributed by atoms with Crippen molar-refractivity contribution in [1.29, 1.82) is 0 Å². The lowest BCUT2D eigenvalue weighted by atomic mass is 10.1. The molecule has 0 bridgehead atoms. The lowest BCUT2D eigenvalue weighted by molar-refractivity contribution is -0.138. The number of nitrogens with one attached hydrogen (secondary N) is 1. The van der Waals surface area contributed by atoms with Gasteiger partial charge in [-0.05, 0) is 25.2 Å². The average molecular weight is 238 g/mol. The Morgan fingerprint density at radius 3 is 2.71 bits per heavy atom. The van der Waals surface area contributed by atoms with Crippen LogP contribution in [0.4, 0.5) is 4.79 Å². The number of amides is 2. The van der Waals surface area contributed by atoms with Crippen LogP contribution in [0.25, 0.3) is 0 Å². The first-order chi connectivity index (χ1) is 8.15.